The molecule has 1 saturated heterocycles. The molecule has 1 amide bonds. The first kappa shape index (κ1) is 13.5. The second-order valence-corrected chi connectivity index (χ2v) is 6.76. The highest BCUT2D eigenvalue weighted by molar-refractivity contribution is 5.87. The van der Waals surface area contributed by atoms with Gasteiger partial charge in [-0.3, -0.25) is 10.1 Å². The molecule has 1 unspecified atom stereocenters. The standard InChI is InChI=1S/C13H26N2O/c1-8-13(7)10(16)15(11(2,3)4)9-12(5,6)14-13/h14H,8-9H2,1-7H3. The maximum absolute atomic E-state index is 12.5. The maximum atomic E-state index is 12.5. The van der Waals surface area contributed by atoms with Gasteiger partial charge in [0.15, 0.2) is 0 Å². The molecule has 0 aromatic rings. The first-order valence-corrected chi connectivity index (χ1v) is 6.13. The number of rotatable bonds is 1. The van der Waals surface area contributed by atoms with Crippen LogP contribution in [0.2, 0.25) is 0 Å². The monoisotopic (exact) mass is 226 g/mol. The van der Waals surface area contributed by atoms with Crippen molar-refractivity contribution in [2.75, 3.05) is 6.54 Å². The molecule has 0 aliphatic carbocycles. The van der Waals surface area contributed by atoms with Crippen LogP contribution in [-0.4, -0.2) is 34.0 Å². The van der Waals surface area contributed by atoms with E-state index in [1.54, 1.807) is 0 Å². The minimum Gasteiger partial charge on any atom is -0.334 e. The van der Waals surface area contributed by atoms with Crippen LogP contribution in [0.15, 0.2) is 0 Å². The Labute approximate surface area is 99.6 Å². The number of carbonyl (C=O) groups excluding carboxylic acids is 1. The molecule has 1 heterocycles. The minimum absolute atomic E-state index is 0.0219. The van der Waals surface area contributed by atoms with Gasteiger partial charge in [0, 0.05) is 17.6 Å². The van der Waals surface area contributed by atoms with Crippen molar-refractivity contribution in [2.45, 2.75) is 71.5 Å². The fourth-order valence-electron chi connectivity index (χ4n) is 2.39. The molecular formula is C13H26N2O. The largest absolute Gasteiger partial charge is 0.334 e. The van der Waals surface area contributed by atoms with Crippen LogP contribution in [0, 0.1) is 0 Å². The van der Waals surface area contributed by atoms with E-state index in [0.717, 1.165) is 13.0 Å². The van der Waals surface area contributed by atoms with Gasteiger partial charge in [0.05, 0.1) is 5.54 Å². The quantitative estimate of drug-likeness (QED) is 0.743. The van der Waals surface area contributed by atoms with Gasteiger partial charge in [0.1, 0.15) is 0 Å². The van der Waals surface area contributed by atoms with Crippen LogP contribution in [0.1, 0.15) is 54.9 Å². The van der Waals surface area contributed by atoms with Gasteiger partial charge in [-0.1, -0.05) is 6.92 Å². The minimum atomic E-state index is -0.422. The maximum Gasteiger partial charge on any atom is 0.243 e. The number of carbonyl (C=O) groups is 1. The van der Waals surface area contributed by atoms with E-state index in [4.69, 9.17) is 0 Å². The zero-order valence-corrected chi connectivity index (χ0v) is 11.8. The average molecular weight is 226 g/mol. The lowest BCUT2D eigenvalue weighted by Crippen LogP contribution is -2.73. The number of hydrogen-bond donors (Lipinski definition) is 1. The fourth-order valence-corrected chi connectivity index (χ4v) is 2.39. The molecule has 0 spiro atoms. The smallest absolute Gasteiger partial charge is 0.243 e. The zero-order valence-electron chi connectivity index (χ0n) is 11.8. The topological polar surface area (TPSA) is 32.3 Å². The SMILES string of the molecule is CCC1(C)NC(C)(C)CN(C(C)(C)C)C1=O. The molecule has 0 aromatic carbocycles. The van der Waals surface area contributed by atoms with Crippen LogP contribution in [0.4, 0.5) is 0 Å². The molecule has 0 saturated carbocycles. The lowest BCUT2D eigenvalue weighted by molar-refractivity contribution is -0.150. The summed E-state index contributed by atoms with van der Waals surface area (Å²) in [4.78, 5) is 14.5. The Bertz CT molecular complexity index is 291. The van der Waals surface area contributed by atoms with Crippen LogP contribution < -0.4 is 5.32 Å². The first-order chi connectivity index (χ1) is 7.02. The normalized spacial score (nSPS) is 30.7. The van der Waals surface area contributed by atoms with Gasteiger partial charge < -0.3 is 4.90 Å². The third-order valence-corrected chi connectivity index (χ3v) is 3.40. The molecule has 1 N–H and O–H groups in total. The van der Waals surface area contributed by atoms with Crippen LogP contribution in [-0.2, 0) is 4.79 Å². The summed E-state index contributed by atoms with van der Waals surface area (Å²) in [6.07, 6.45) is 0.821. The Morgan fingerprint density at radius 2 is 1.81 bits per heavy atom. The van der Waals surface area contributed by atoms with E-state index in [0.29, 0.717) is 0 Å². The van der Waals surface area contributed by atoms with Crippen molar-refractivity contribution >= 4 is 5.91 Å². The summed E-state index contributed by atoms with van der Waals surface area (Å²) in [5.74, 6) is 0.224. The van der Waals surface area contributed by atoms with Crippen molar-refractivity contribution in [3.63, 3.8) is 0 Å². The van der Waals surface area contributed by atoms with E-state index in [1.165, 1.54) is 0 Å². The predicted molar refractivity (Wildman–Crippen MR) is 67.4 cm³/mol. The molecule has 0 radical (unpaired) electrons. The van der Waals surface area contributed by atoms with Gasteiger partial charge in [-0.05, 0) is 48.0 Å². The number of nitrogens with zero attached hydrogens (tertiary/aromatic N) is 1. The second kappa shape index (κ2) is 3.73. The Morgan fingerprint density at radius 1 is 1.31 bits per heavy atom. The van der Waals surface area contributed by atoms with Gasteiger partial charge in [-0.25, -0.2) is 0 Å². The molecule has 1 rings (SSSR count). The van der Waals surface area contributed by atoms with E-state index in [1.807, 2.05) is 11.8 Å². The summed E-state index contributed by atoms with van der Waals surface area (Å²) in [5.41, 5.74) is -0.548. The predicted octanol–water partition coefficient (Wildman–Crippen LogP) is 2.16. The summed E-state index contributed by atoms with van der Waals surface area (Å²) in [5, 5.41) is 3.48. The van der Waals surface area contributed by atoms with Crippen molar-refractivity contribution in [1.82, 2.24) is 10.2 Å². The van der Waals surface area contributed by atoms with E-state index in [2.05, 4.69) is 46.9 Å². The lowest BCUT2D eigenvalue weighted by atomic mass is 9.84. The van der Waals surface area contributed by atoms with Gasteiger partial charge in [-0.2, -0.15) is 0 Å². The van der Waals surface area contributed by atoms with Crippen LogP contribution in [0.5, 0.6) is 0 Å². The number of nitrogens with one attached hydrogen (secondary N) is 1. The third kappa shape index (κ3) is 2.40. The van der Waals surface area contributed by atoms with Crippen LogP contribution in [0.25, 0.3) is 0 Å². The van der Waals surface area contributed by atoms with Crippen molar-refractivity contribution in [3.05, 3.63) is 0 Å². The van der Waals surface area contributed by atoms with E-state index in [9.17, 15) is 4.79 Å². The molecule has 0 bridgehead atoms. The average Bonchev–Trinajstić information content (AvgIpc) is 2.09. The lowest BCUT2D eigenvalue weighted by Gasteiger charge is -2.52. The number of piperazine rings is 1. The number of amides is 1. The van der Waals surface area contributed by atoms with Crippen molar-refractivity contribution in [2.24, 2.45) is 0 Å². The molecule has 1 aliphatic rings. The van der Waals surface area contributed by atoms with Gasteiger partial charge in [0.25, 0.3) is 0 Å². The molecule has 94 valence electrons. The Balaban J connectivity index is 3.09. The zero-order chi connectivity index (χ0) is 12.8. The summed E-state index contributed by atoms with van der Waals surface area (Å²) >= 11 is 0. The van der Waals surface area contributed by atoms with E-state index < -0.39 is 5.54 Å². The third-order valence-electron chi connectivity index (χ3n) is 3.40. The Hall–Kier alpha value is -0.570. The molecular weight excluding hydrogens is 200 g/mol. The first-order valence-electron chi connectivity index (χ1n) is 6.13. The number of hydrogen-bond acceptors (Lipinski definition) is 2. The Morgan fingerprint density at radius 3 is 2.19 bits per heavy atom. The molecule has 3 heteroatoms. The van der Waals surface area contributed by atoms with Crippen LogP contribution >= 0.6 is 0 Å². The van der Waals surface area contributed by atoms with Crippen molar-refractivity contribution in [3.8, 4) is 0 Å². The van der Waals surface area contributed by atoms with Crippen molar-refractivity contribution < 1.29 is 4.79 Å². The molecule has 1 fully saturated rings. The van der Waals surface area contributed by atoms with Crippen molar-refractivity contribution in [1.29, 1.82) is 0 Å². The highest BCUT2D eigenvalue weighted by Crippen LogP contribution is 2.29. The highest BCUT2D eigenvalue weighted by Gasteiger charge is 2.48. The van der Waals surface area contributed by atoms with E-state index in [-0.39, 0.29) is 17.0 Å². The van der Waals surface area contributed by atoms with Gasteiger partial charge in [0.2, 0.25) is 5.91 Å². The fraction of sp³-hybridized carbons (Fsp3) is 0.923. The van der Waals surface area contributed by atoms with Gasteiger partial charge in [-0.15, -0.1) is 0 Å². The Kier molecular flexibility index (Phi) is 3.14. The van der Waals surface area contributed by atoms with Gasteiger partial charge >= 0.3 is 0 Å². The summed E-state index contributed by atoms with van der Waals surface area (Å²) in [6.45, 7) is 15.5. The summed E-state index contributed by atoms with van der Waals surface area (Å²) < 4.78 is 0. The molecule has 1 aliphatic heterocycles. The van der Waals surface area contributed by atoms with E-state index >= 15 is 0 Å². The molecule has 1 atom stereocenters. The summed E-state index contributed by atoms with van der Waals surface area (Å²) in [7, 11) is 0. The molecule has 3 nitrogen and oxygen atoms in total. The second-order valence-electron chi connectivity index (χ2n) is 6.76. The molecule has 16 heavy (non-hydrogen) atoms. The van der Waals surface area contributed by atoms with Crippen LogP contribution in [0.3, 0.4) is 0 Å². The molecule has 0 aromatic heterocycles. The highest BCUT2D eigenvalue weighted by atomic mass is 16.2. The summed E-state index contributed by atoms with van der Waals surface area (Å²) in [6, 6.07) is 0.